The van der Waals surface area contributed by atoms with E-state index in [1.54, 1.807) is 11.3 Å². The summed E-state index contributed by atoms with van der Waals surface area (Å²) in [4.78, 5) is 24.1. The Labute approximate surface area is 115 Å². The quantitative estimate of drug-likeness (QED) is 0.884. The smallest absolute Gasteiger partial charge is 0.306 e. The van der Waals surface area contributed by atoms with Gasteiger partial charge in [0.2, 0.25) is 5.91 Å². The Balaban J connectivity index is 1.53. The number of carboxylic acid groups (broad SMARTS) is 1. The minimum atomic E-state index is -0.670. The number of carbonyl (C=O) groups excluding carboxylic acids is 1. The Morgan fingerprint density at radius 2 is 2.16 bits per heavy atom. The molecule has 1 aromatic rings. The van der Waals surface area contributed by atoms with Crippen LogP contribution in [0.15, 0.2) is 17.5 Å². The third-order valence-corrected chi connectivity index (χ3v) is 5.31. The highest BCUT2D eigenvalue weighted by molar-refractivity contribution is 7.10. The van der Waals surface area contributed by atoms with Gasteiger partial charge in [-0.25, -0.2) is 0 Å². The molecule has 4 atom stereocenters. The molecule has 5 heteroatoms. The van der Waals surface area contributed by atoms with E-state index in [1.807, 2.05) is 17.5 Å². The van der Waals surface area contributed by atoms with E-state index in [9.17, 15) is 9.59 Å². The topological polar surface area (TPSA) is 66.4 Å². The largest absolute Gasteiger partial charge is 0.481 e. The van der Waals surface area contributed by atoms with E-state index in [2.05, 4.69) is 5.32 Å². The van der Waals surface area contributed by atoms with Gasteiger partial charge in [-0.3, -0.25) is 9.59 Å². The fourth-order valence-electron chi connectivity index (χ4n) is 3.58. The number of rotatable bonds is 4. The average molecular weight is 279 g/mol. The zero-order valence-corrected chi connectivity index (χ0v) is 11.4. The first kappa shape index (κ1) is 12.7. The zero-order chi connectivity index (χ0) is 13.4. The van der Waals surface area contributed by atoms with Crippen molar-refractivity contribution in [3.63, 3.8) is 0 Å². The lowest BCUT2D eigenvalue weighted by atomic mass is 9.86. The summed E-state index contributed by atoms with van der Waals surface area (Å²) in [6.45, 7) is 0. The van der Waals surface area contributed by atoms with Crippen LogP contribution in [0.1, 0.15) is 24.1 Å². The first-order valence-corrected chi connectivity index (χ1v) is 7.56. The van der Waals surface area contributed by atoms with Gasteiger partial charge in [-0.15, -0.1) is 11.3 Å². The molecule has 0 saturated heterocycles. The van der Waals surface area contributed by atoms with Gasteiger partial charge in [0, 0.05) is 10.9 Å². The summed E-state index contributed by atoms with van der Waals surface area (Å²) in [5.74, 6) is -0.175. The second-order valence-corrected chi connectivity index (χ2v) is 6.63. The number of thiophene rings is 1. The van der Waals surface area contributed by atoms with E-state index in [0.29, 0.717) is 12.3 Å². The fourth-order valence-corrected chi connectivity index (χ4v) is 4.29. The number of hydrogen-bond acceptors (Lipinski definition) is 3. The SMILES string of the molecule is O=C(Cc1cccs1)N[C@@H]1C[C@H]2C[C@@H]1C[C@H]2C(=O)O. The summed E-state index contributed by atoms with van der Waals surface area (Å²) in [5, 5.41) is 14.1. The zero-order valence-electron chi connectivity index (χ0n) is 10.5. The lowest BCUT2D eigenvalue weighted by molar-refractivity contribution is -0.143. The molecule has 2 aliphatic rings. The first-order chi connectivity index (χ1) is 9.13. The molecule has 1 heterocycles. The van der Waals surface area contributed by atoms with Crippen molar-refractivity contribution in [1.82, 2.24) is 5.32 Å². The first-order valence-electron chi connectivity index (χ1n) is 6.68. The van der Waals surface area contributed by atoms with Crippen molar-refractivity contribution in [3.8, 4) is 0 Å². The van der Waals surface area contributed by atoms with E-state index in [1.165, 1.54) is 0 Å². The Morgan fingerprint density at radius 1 is 1.32 bits per heavy atom. The number of hydrogen-bond donors (Lipinski definition) is 2. The third-order valence-electron chi connectivity index (χ3n) is 4.44. The van der Waals surface area contributed by atoms with Crippen molar-refractivity contribution >= 4 is 23.2 Å². The molecular formula is C14H17NO3S. The van der Waals surface area contributed by atoms with Crippen LogP contribution in [0.2, 0.25) is 0 Å². The van der Waals surface area contributed by atoms with Gasteiger partial charge in [-0.05, 0) is 42.5 Å². The molecule has 19 heavy (non-hydrogen) atoms. The third kappa shape index (κ3) is 2.52. The number of carboxylic acids is 1. The van der Waals surface area contributed by atoms with Gasteiger partial charge in [0.25, 0.3) is 0 Å². The molecule has 0 aliphatic heterocycles. The van der Waals surface area contributed by atoms with Crippen LogP contribution in [-0.4, -0.2) is 23.0 Å². The average Bonchev–Trinajstić information content (AvgIpc) is 3.03. The molecule has 2 bridgehead atoms. The van der Waals surface area contributed by atoms with Crippen molar-refractivity contribution in [1.29, 1.82) is 0 Å². The molecule has 0 unspecified atom stereocenters. The highest BCUT2D eigenvalue weighted by atomic mass is 32.1. The van der Waals surface area contributed by atoms with E-state index in [-0.39, 0.29) is 23.8 Å². The van der Waals surface area contributed by atoms with Crippen LogP contribution in [0.5, 0.6) is 0 Å². The molecule has 2 aliphatic carbocycles. The molecule has 0 spiro atoms. The number of amides is 1. The maximum absolute atomic E-state index is 11.9. The highest BCUT2D eigenvalue weighted by Gasteiger charge is 2.48. The molecule has 4 nitrogen and oxygen atoms in total. The van der Waals surface area contributed by atoms with Gasteiger partial charge in [0.05, 0.1) is 12.3 Å². The Hall–Kier alpha value is -1.36. The molecule has 1 aromatic heterocycles. The van der Waals surface area contributed by atoms with Crippen LogP contribution in [0.25, 0.3) is 0 Å². The Bertz CT molecular complexity index is 485. The van der Waals surface area contributed by atoms with Crippen LogP contribution in [-0.2, 0) is 16.0 Å². The second kappa shape index (κ2) is 4.96. The molecule has 0 radical (unpaired) electrons. The van der Waals surface area contributed by atoms with E-state index >= 15 is 0 Å². The lowest BCUT2D eigenvalue weighted by Gasteiger charge is -2.26. The van der Waals surface area contributed by atoms with E-state index < -0.39 is 5.97 Å². The summed E-state index contributed by atoms with van der Waals surface area (Å²) in [7, 11) is 0. The van der Waals surface area contributed by atoms with E-state index in [0.717, 1.165) is 24.1 Å². The van der Waals surface area contributed by atoms with Crippen molar-refractivity contribution in [2.45, 2.75) is 31.7 Å². The van der Waals surface area contributed by atoms with Crippen molar-refractivity contribution in [2.75, 3.05) is 0 Å². The molecule has 102 valence electrons. The summed E-state index contributed by atoms with van der Waals surface area (Å²) in [6.07, 6.45) is 2.95. The van der Waals surface area contributed by atoms with Crippen LogP contribution >= 0.6 is 11.3 Å². The number of carbonyl (C=O) groups is 2. The summed E-state index contributed by atoms with van der Waals surface area (Å²) in [5.41, 5.74) is 0. The van der Waals surface area contributed by atoms with Gasteiger partial charge in [-0.2, -0.15) is 0 Å². The summed E-state index contributed by atoms with van der Waals surface area (Å²) < 4.78 is 0. The minimum absolute atomic E-state index is 0.0619. The fraction of sp³-hybridized carbons (Fsp3) is 0.571. The molecule has 2 N–H and O–H groups in total. The van der Waals surface area contributed by atoms with Crippen LogP contribution in [0, 0.1) is 17.8 Å². The second-order valence-electron chi connectivity index (χ2n) is 5.60. The summed E-state index contributed by atoms with van der Waals surface area (Å²) >= 11 is 1.59. The number of nitrogens with one attached hydrogen (secondary N) is 1. The molecule has 1 amide bonds. The molecule has 2 saturated carbocycles. The minimum Gasteiger partial charge on any atom is -0.481 e. The Morgan fingerprint density at radius 3 is 2.74 bits per heavy atom. The maximum atomic E-state index is 11.9. The van der Waals surface area contributed by atoms with Gasteiger partial charge in [0.1, 0.15) is 0 Å². The van der Waals surface area contributed by atoms with Crippen molar-refractivity contribution in [3.05, 3.63) is 22.4 Å². The van der Waals surface area contributed by atoms with Crippen molar-refractivity contribution in [2.24, 2.45) is 17.8 Å². The standard InChI is InChI=1S/C14H17NO3S/c16-13(7-10-2-1-3-19-10)15-12-6-8-4-9(12)5-11(8)14(17)18/h1-3,8-9,11-12H,4-7H2,(H,15,16)(H,17,18)/t8-,9-,11-,12-/m1/s1. The predicted molar refractivity (Wildman–Crippen MR) is 71.9 cm³/mol. The van der Waals surface area contributed by atoms with Gasteiger partial charge >= 0.3 is 5.97 Å². The normalized spacial score (nSPS) is 32.4. The van der Waals surface area contributed by atoms with E-state index in [4.69, 9.17) is 5.11 Å². The van der Waals surface area contributed by atoms with Gasteiger partial charge in [-0.1, -0.05) is 6.07 Å². The molecule has 0 aromatic carbocycles. The molecule has 3 rings (SSSR count). The predicted octanol–water partition coefficient (Wildman–Crippen LogP) is 1.91. The number of fused-ring (bicyclic) bond motifs is 2. The molecular weight excluding hydrogens is 262 g/mol. The van der Waals surface area contributed by atoms with Gasteiger partial charge in [0.15, 0.2) is 0 Å². The summed E-state index contributed by atoms with van der Waals surface area (Å²) in [6, 6.07) is 4.10. The van der Waals surface area contributed by atoms with Gasteiger partial charge < -0.3 is 10.4 Å². The van der Waals surface area contributed by atoms with Crippen LogP contribution < -0.4 is 5.32 Å². The van der Waals surface area contributed by atoms with Crippen LogP contribution in [0.3, 0.4) is 0 Å². The van der Waals surface area contributed by atoms with Crippen LogP contribution in [0.4, 0.5) is 0 Å². The highest BCUT2D eigenvalue weighted by Crippen LogP contribution is 2.48. The van der Waals surface area contributed by atoms with Crippen molar-refractivity contribution < 1.29 is 14.7 Å². The monoisotopic (exact) mass is 279 g/mol. The number of aliphatic carboxylic acids is 1. The lowest BCUT2D eigenvalue weighted by Crippen LogP contribution is -2.41. The molecule has 2 fully saturated rings. The Kier molecular flexibility index (Phi) is 3.31. The maximum Gasteiger partial charge on any atom is 0.306 e.